The third-order valence-electron chi connectivity index (χ3n) is 2.12. The Balaban J connectivity index is 2.32. The molecule has 96 valence electrons. The Labute approximate surface area is 105 Å². The Bertz CT molecular complexity index is 358. The zero-order valence-electron chi connectivity index (χ0n) is 10.2. The molecule has 0 aromatic carbocycles. The maximum Gasteiger partial charge on any atom is 0.308 e. The van der Waals surface area contributed by atoms with Gasteiger partial charge in [-0.15, -0.1) is 0 Å². The quantitative estimate of drug-likeness (QED) is 0.619. The first kappa shape index (κ1) is 14.1. The van der Waals surface area contributed by atoms with Crippen molar-refractivity contribution in [1.82, 2.24) is 4.98 Å². The number of hydrogen-bond donors (Lipinski definition) is 1. The van der Waals surface area contributed by atoms with Gasteiger partial charge >= 0.3 is 5.97 Å². The van der Waals surface area contributed by atoms with E-state index in [0.717, 1.165) is 11.5 Å². The SMILES string of the molecule is CCOC(=O)CC(O)CSc1nc(C)c(C)o1. The van der Waals surface area contributed by atoms with Gasteiger partial charge < -0.3 is 14.3 Å². The summed E-state index contributed by atoms with van der Waals surface area (Å²) in [5.41, 5.74) is 0.840. The Morgan fingerprint density at radius 2 is 2.29 bits per heavy atom. The van der Waals surface area contributed by atoms with Crippen LogP contribution in [-0.4, -0.2) is 34.5 Å². The molecule has 0 aliphatic heterocycles. The highest BCUT2D eigenvalue weighted by Crippen LogP contribution is 2.21. The van der Waals surface area contributed by atoms with E-state index in [1.165, 1.54) is 11.8 Å². The van der Waals surface area contributed by atoms with E-state index in [2.05, 4.69) is 4.98 Å². The highest BCUT2D eigenvalue weighted by Gasteiger charge is 2.14. The first-order valence-electron chi connectivity index (χ1n) is 5.43. The fourth-order valence-electron chi connectivity index (χ4n) is 1.14. The van der Waals surface area contributed by atoms with Crippen molar-refractivity contribution in [2.45, 2.75) is 38.5 Å². The van der Waals surface area contributed by atoms with Crippen molar-refractivity contribution in [3.8, 4) is 0 Å². The summed E-state index contributed by atoms with van der Waals surface area (Å²) in [6.07, 6.45) is -0.744. The molecule has 5 nitrogen and oxygen atoms in total. The van der Waals surface area contributed by atoms with Crippen molar-refractivity contribution >= 4 is 17.7 Å². The Kier molecular flexibility index (Phi) is 5.50. The molecule has 1 heterocycles. The van der Waals surface area contributed by atoms with Crippen LogP contribution < -0.4 is 0 Å². The van der Waals surface area contributed by atoms with Crippen LogP contribution in [0.1, 0.15) is 24.8 Å². The number of hydrogen-bond acceptors (Lipinski definition) is 6. The van der Waals surface area contributed by atoms with Gasteiger partial charge in [-0.3, -0.25) is 4.79 Å². The predicted molar refractivity (Wildman–Crippen MR) is 64.0 cm³/mol. The summed E-state index contributed by atoms with van der Waals surface area (Å²) in [6.45, 7) is 5.76. The average molecular weight is 259 g/mol. The number of nitrogens with zero attached hydrogens (tertiary/aromatic N) is 1. The highest BCUT2D eigenvalue weighted by molar-refractivity contribution is 7.99. The van der Waals surface area contributed by atoms with E-state index in [1.54, 1.807) is 6.92 Å². The van der Waals surface area contributed by atoms with Crippen LogP contribution in [-0.2, 0) is 9.53 Å². The number of rotatable bonds is 6. The molecule has 1 rings (SSSR count). The molecule has 0 radical (unpaired) electrons. The molecular formula is C11H17NO4S. The van der Waals surface area contributed by atoms with Crippen LogP contribution in [0.25, 0.3) is 0 Å². The van der Waals surface area contributed by atoms with Crippen LogP contribution in [0.3, 0.4) is 0 Å². The molecule has 6 heteroatoms. The van der Waals surface area contributed by atoms with Gasteiger partial charge in [0, 0.05) is 5.75 Å². The molecule has 0 amide bonds. The topological polar surface area (TPSA) is 72.6 Å². The molecule has 1 aromatic rings. The first-order chi connectivity index (χ1) is 8.02. The van der Waals surface area contributed by atoms with Gasteiger partial charge in [-0.1, -0.05) is 11.8 Å². The van der Waals surface area contributed by atoms with Gasteiger partial charge in [0.05, 0.1) is 24.8 Å². The number of ether oxygens (including phenoxy) is 1. The summed E-state index contributed by atoms with van der Waals surface area (Å²) in [7, 11) is 0. The number of thioether (sulfide) groups is 1. The molecule has 0 fully saturated rings. The van der Waals surface area contributed by atoms with E-state index in [1.807, 2.05) is 13.8 Å². The molecule has 0 aliphatic carbocycles. The molecule has 1 N–H and O–H groups in total. The van der Waals surface area contributed by atoms with Crippen LogP contribution in [0.2, 0.25) is 0 Å². The van der Waals surface area contributed by atoms with Crippen LogP contribution >= 0.6 is 11.8 Å². The molecule has 1 unspecified atom stereocenters. The second-order valence-corrected chi connectivity index (χ2v) is 4.57. The lowest BCUT2D eigenvalue weighted by Gasteiger charge is -2.07. The van der Waals surface area contributed by atoms with Gasteiger partial charge in [-0.2, -0.15) is 0 Å². The molecule has 17 heavy (non-hydrogen) atoms. The minimum Gasteiger partial charge on any atom is -0.466 e. The summed E-state index contributed by atoms with van der Waals surface area (Å²) in [5, 5.41) is 10.1. The number of aromatic nitrogens is 1. The van der Waals surface area contributed by atoms with Gasteiger partial charge in [-0.05, 0) is 20.8 Å². The van der Waals surface area contributed by atoms with Crippen LogP contribution in [0.15, 0.2) is 9.64 Å². The van der Waals surface area contributed by atoms with Crippen molar-refractivity contribution in [3.05, 3.63) is 11.5 Å². The van der Waals surface area contributed by atoms with Gasteiger partial charge in [0.2, 0.25) is 0 Å². The largest absolute Gasteiger partial charge is 0.466 e. The van der Waals surface area contributed by atoms with E-state index in [9.17, 15) is 9.90 Å². The van der Waals surface area contributed by atoms with Gasteiger partial charge in [-0.25, -0.2) is 4.98 Å². The van der Waals surface area contributed by atoms with E-state index >= 15 is 0 Å². The number of esters is 1. The molecule has 0 saturated carbocycles. The van der Waals surface area contributed by atoms with Crippen molar-refractivity contribution in [1.29, 1.82) is 0 Å². The summed E-state index contributed by atoms with van der Waals surface area (Å²) in [5.74, 6) is 0.742. The van der Waals surface area contributed by atoms with E-state index < -0.39 is 6.10 Å². The summed E-state index contributed by atoms with van der Waals surface area (Å²) < 4.78 is 10.1. The number of aryl methyl sites for hydroxylation is 2. The third kappa shape index (κ3) is 4.79. The highest BCUT2D eigenvalue weighted by atomic mass is 32.2. The van der Waals surface area contributed by atoms with Crippen molar-refractivity contribution < 1.29 is 19.1 Å². The number of carbonyl (C=O) groups is 1. The van der Waals surface area contributed by atoms with Crippen LogP contribution in [0.5, 0.6) is 0 Å². The normalized spacial score (nSPS) is 12.5. The predicted octanol–water partition coefficient (Wildman–Crippen LogP) is 1.70. The zero-order chi connectivity index (χ0) is 12.8. The number of oxazole rings is 1. The van der Waals surface area contributed by atoms with Crippen LogP contribution in [0.4, 0.5) is 0 Å². The molecule has 1 aromatic heterocycles. The van der Waals surface area contributed by atoms with Gasteiger partial charge in [0.1, 0.15) is 5.76 Å². The minimum atomic E-state index is -0.744. The molecule has 0 bridgehead atoms. The Morgan fingerprint density at radius 1 is 1.59 bits per heavy atom. The standard InChI is InChI=1S/C11H17NO4S/c1-4-15-10(14)5-9(13)6-17-11-12-7(2)8(3)16-11/h9,13H,4-6H2,1-3H3. The summed E-state index contributed by atoms with van der Waals surface area (Å²) in [6, 6.07) is 0. The number of aliphatic hydroxyl groups excluding tert-OH is 1. The molecular weight excluding hydrogens is 242 g/mol. The third-order valence-corrected chi connectivity index (χ3v) is 3.09. The second kappa shape index (κ2) is 6.66. The fraction of sp³-hybridized carbons (Fsp3) is 0.636. The Morgan fingerprint density at radius 3 is 2.82 bits per heavy atom. The maximum atomic E-state index is 11.1. The van der Waals surface area contributed by atoms with Crippen LogP contribution in [0, 0.1) is 13.8 Å². The minimum absolute atomic E-state index is 0.000483. The zero-order valence-corrected chi connectivity index (χ0v) is 11.0. The van der Waals surface area contributed by atoms with Crippen molar-refractivity contribution in [2.24, 2.45) is 0 Å². The summed E-state index contributed by atoms with van der Waals surface area (Å²) >= 11 is 1.29. The van der Waals surface area contributed by atoms with E-state index in [-0.39, 0.29) is 12.4 Å². The lowest BCUT2D eigenvalue weighted by atomic mass is 10.3. The van der Waals surface area contributed by atoms with Crippen molar-refractivity contribution in [3.63, 3.8) is 0 Å². The van der Waals surface area contributed by atoms with Gasteiger partial charge in [0.25, 0.3) is 5.22 Å². The fourth-order valence-corrected chi connectivity index (χ4v) is 1.98. The first-order valence-corrected chi connectivity index (χ1v) is 6.42. The average Bonchev–Trinajstić information content (AvgIpc) is 2.56. The molecule has 0 saturated heterocycles. The number of carbonyl (C=O) groups excluding carboxylic acids is 1. The smallest absolute Gasteiger partial charge is 0.308 e. The lowest BCUT2D eigenvalue weighted by Crippen LogP contribution is -2.17. The molecule has 0 spiro atoms. The molecule has 1 atom stereocenters. The molecule has 0 aliphatic rings. The second-order valence-electron chi connectivity index (χ2n) is 3.60. The van der Waals surface area contributed by atoms with E-state index in [4.69, 9.17) is 9.15 Å². The lowest BCUT2D eigenvalue weighted by molar-refractivity contribution is -0.144. The number of aliphatic hydroxyl groups is 1. The Hall–Kier alpha value is -1.01. The maximum absolute atomic E-state index is 11.1. The van der Waals surface area contributed by atoms with Crippen molar-refractivity contribution in [2.75, 3.05) is 12.4 Å². The van der Waals surface area contributed by atoms with E-state index in [0.29, 0.717) is 17.6 Å². The van der Waals surface area contributed by atoms with Gasteiger partial charge in [0.15, 0.2) is 0 Å². The summed E-state index contributed by atoms with van der Waals surface area (Å²) in [4.78, 5) is 15.3. The monoisotopic (exact) mass is 259 g/mol.